The van der Waals surface area contributed by atoms with E-state index in [0.29, 0.717) is 19.7 Å². The number of amides is 1. The van der Waals surface area contributed by atoms with Crippen molar-refractivity contribution in [3.63, 3.8) is 0 Å². The molecule has 0 unspecified atom stereocenters. The van der Waals surface area contributed by atoms with Crippen LogP contribution >= 0.6 is 0 Å². The summed E-state index contributed by atoms with van der Waals surface area (Å²) < 4.78 is 10.5. The van der Waals surface area contributed by atoms with Gasteiger partial charge in [0, 0.05) is 19.6 Å². The van der Waals surface area contributed by atoms with Crippen LogP contribution in [0.4, 0.5) is 0 Å². The highest BCUT2D eigenvalue weighted by Gasteiger charge is 2.13. The van der Waals surface area contributed by atoms with E-state index in [-0.39, 0.29) is 12.0 Å². The summed E-state index contributed by atoms with van der Waals surface area (Å²) in [5, 5.41) is 2.84. The summed E-state index contributed by atoms with van der Waals surface area (Å²) >= 11 is 0. The number of nitrogens with one attached hydrogen (secondary N) is 1. The molecule has 1 aliphatic heterocycles. The summed E-state index contributed by atoms with van der Waals surface area (Å²) in [5.74, 6) is 0.0641. The van der Waals surface area contributed by atoms with Crippen molar-refractivity contribution in [3.05, 3.63) is 0 Å². The number of carbonyl (C=O) groups excluding carboxylic acids is 1. The summed E-state index contributed by atoms with van der Waals surface area (Å²) in [6.45, 7) is 8.73. The van der Waals surface area contributed by atoms with Crippen molar-refractivity contribution in [2.75, 3.05) is 46.0 Å². The first kappa shape index (κ1) is 13.4. The lowest BCUT2D eigenvalue weighted by molar-refractivity contribution is -0.123. The molecule has 94 valence electrons. The number of carbonyl (C=O) groups is 1. The number of hydrogen-bond acceptors (Lipinski definition) is 4. The highest BCUT2D eigenvalue weighted by molar-refractivity contribution is 5.77. The van der Waals surface area contributed by atoms with Gasteiger partial charge < -0.3 is 14.8 Å². The van der Waals surface area contributed by atoms with E-state index in [1.54, 1.807) is 0 Å². The number of rotatable bonds is 6. The molecule has 0 aromatic carbocycles. The monoisotopic (exact) mass is 230 g/mol. The van der Waals surface area contributed by atoms with Crippen LogP contribution in [0.1, 0.15) is 13.8 Å². The first-order chi connectivity index (χ1) is 7.68. The molecule has 0 aromatic heterocycles. The topological polar surface area (TPSA) is 50.8 Å². The van der Waals surface area contributed by atoms with Gasteiger partial charge in [-0.1, -0.05) is 0 Å². The molecule has 0 aromatic rings. The normalized spacial score (nSPS) is 17.7. The molecular formula is C11H22N2O3. The van der Waals surface area contributed by atoms with Crippen LogP contribution in [0.25, 0.3) is 0 Å². The maximum atomic E-state index is 11.5. The maximum Gasteiger partial charge on any atom is 0.234 e. The molecule has 1 amide bonds. The van der Waals surface area contributed by atoms with Gasteiger partial charge in [0.25, 0.3) is 0 Å². The highest BCUT2D eigenvalue weighted by Crippen LogP contribution is 1.95. The molecule has 0 atom stereocenters. The molecule has 0 aliphatic carbocycles. The molecule has 0 saturated carbocycles. The molecule has 1 heterocycles. The Morgan fingerprint density at radius 2 is 2.12 bits per heavy atom. The smallest absolute Gasteiger partial charge is 0.234 e. The van der Waals surface area contributed by atoms with Gasteiger partial charge in [0.2, 0.25) is 5.91 Å². The van der Waals surface area contributed by atoms with E-state index in [1.807, 2.05) is 13.8 Å². The second-order valence-electron chi connectivity index (χ2n) is 4.16. The second-order valence-corrected chi connectivity index (χ2v) is 4.16. The average molecular weight is 230 g/mol. The largest absolute Gasteiger partial charge is 0.379 e. The van der Waals surface area contributed by atoms with Crippen LogP contribution in [-0.4, -0.2) is 62.9 Å². The number of nitrogens with zero attached hydrogens (tertiary/aromatic N) is 1. The van der Waals surface area contributed by atoms with Crippen LogP contribution in [0.15, 0.2) is 0 Å². The number of hydrogen-bond donors (Lipinski definition) is 1. The first-order valence-electron chi connectivity index (χ1n) is 5.87. The third kappa shape index (κ3) is 6.05. The van der Waals surface area contributed by atoms with E-state index in [0.717, 1.165) is 26.3 Å². The van der Waals surface area contributed by atoms with Gasteiger partial charge in [-0.25, -0.2) is 0 Å². The van der Waals surface area contributed by atoms with Crippen molar-refractivity contribution in [1.29, 1.82) is 0 Å². The highest BCUT2D eigenvalue weighted by atomic mass is 16.5. The number of ether oxygens (including phenoxy) is 2. The predicted molar refractivity (Wildman–Crippen MR) is 61.4 cm³/mol. The lowest BCUT2D eigenvalue weighted by Crippen LogP contribution is -2.43. The Morgan fingerprint density at radius 1 is 1.44 bits per heavy atom. The van der Waals surface area contributed by atoms with Crippen molar-refractivity contribution >= 4 is 5.91 Å². The first-order valence-corrected chi connectivity index (χ1v) is 5.87. The summed E-state index contributed by atoms with van der Waals surface area (Å²) in [6, 6.07) is 0. The molecule has 1 saturated heterocycles. The molecule has 0 spiro atoms. The Hall–Kier alpha value is -0.650. The minimum Gasteiger partial charge on any atom is -0.379 e. The van der Waals surface area contributed by atoms with Crippen molar-refractivity contribution in [1.82, 2.24) is 10.2 Å². The molecule has 0 bridgehead atoms. The summed E-state index contributed by atoms with van der Waals surface area (Å²) in [5.41, 5.74) is 0. The zero-order valence-electron chi connectivity index (χ0n) is 10.2. The van der Waals surface area contributed by atoms with E-state index in [4.69, 9.17) is 9.47 Å². The summed E-state index contributed by atoms with van der Waals surface area (Å²) in [6.07, 6.45) is 0.219. The fraction of sp³-hybridized carbons (Fsp3) is 0.909. The predicted octanol–water partition coefficient (Wildman–Crippen LogP) is -0.140. The minimum absolute atomic E-state index is 0.0641. The van der Waals surface area contributed by atoms with Gasteiger partial charge in [-0.3, -0.25) is 9.69 Å². The zero-order valence-corrected chi connectivity index (χ0v) is 10.2. The van der Waals surface area contributed by atoms with Gasteiger partial charge in [-0.15, -0.1) is 0 Å². The average Bonchev–Trinajstić information content (AvgIpc) is 2.25. The molecule has 1 rings (SSSR count). The van der Waals surface area contributed by atoms with E-state index >= 15 is 0 Å². The third-order valence-corrected chi connectivity index (χ3v) is 2.35. The van der Waals surface area contributed by atoms with Crippen molar-refractivity contribution in [2.24, 2.45) is 0 Å². The Morgan fingerprint density at radius 3 is 2.75 bits per heavy atom. The molecule has 1 N–H and O–H groups in total. The van der Waals surface area contributed by atoms with Gasteiger partial charge in [0.15, 0.2) is 0 Å². The zero-order chi connectivity index (χ0) is 11.8. The van der Waals surface area contributed by atoms with Crippen molar-refractivity contribution in [3.8, 4) is 0 Å². The number of morpholine rings is 1. The Balaban J connectivity index is 2.01. The van der Waals surface area contributed by atoms with Crippen LogP contribution in [-0.2, 0) is 14.3 Å². The van der Waals surface area contributed by atoms with Crippen LogP contribution in [0, 0.1) is 0 Å². The molecule has 5 heteroatoms. The minimum atomic E-state index is 0.0641. The van der Waals surface area contributed by atoms with Gasteiger partial charge in [-0.05, 0) is 13.8 Å². The standard InChI is InChI=1S/C11H22N2O3/c1-10(2)16-6-3-12-11(14)9-13-4-7-15-8-5-13/h10H,3-9H2,1-2H3,(H,12,14). The van der Waals surface area contributed by atoms with Crippen LogP contribution in [0.2, 0.25) is 0 Å². The third-order valence-electron chi connectivity index (χ3n) is 2.35. The Labute approximate surface area is 97.1 Å². The van der Waals surface area contributed by atoms with E-state index in [9.17, 15) is 4.79 Å². The lowest BCUT2D eigenvalue weighted by Gasteiger charge is -2.25. The van der Waals surface area contributed by atoms with E-state index in [1.165, 1.54) is 0 Å². The lowest BCUT2D eigenvalue weighted by atomic mass is 10.4. The van der Waals surface area contributed by atoms with Gasteiger partial charge in [0.05, 0.1) is 32.5 Å². The fourth-order valence-corrected chi connectivity index (χ4v) is 1.50. The van der Waals surface area contributed by atoms with Crippen LogP contribution in [0.5, 0.6) is 0 Å². The Bertz CT molecular complexity index is 203. The molecule has 0 radical (unpaired) electrons. The summed E-state index contributed by atoms with van der Waals surface area (Å²) in [7, 11) is 0. The molecule has 1 fully saturated rings. The maximum absolute atomic E-state index is 11.5. The molecular weight excluding hydrogens is 208 g/mol. The molecule has 1 aliphatic rings. The SMILES string of the molecule is CC(C)OCCNC(=O)CN1CCOCC1. The quantitative estimate of drug-likeness (QED) is 0.645. The van der Waals surface area contributed by atoms with Crippen LogP contribution < -0.4 is 5.32 Å². The van der Waals surface area contributed by atoms with E-state index in [2.05, 4.69) is 10.2 Å². The van der Waals surface area contributed by atoms with Gasteiger partial charge >= 0.3 is 0 Å². The molecule has 16 heavy (non-hydrogen) atoms. The van der Waals surface area contributed by atoms with Crippen LogP contribution in [0.3, 0.4) is 0 Å². The Kier molecular flexibility index (Phi) is 6.37. The van der Waals surface area contributed by atoms with Crippen molar-refractivity contribution in [2.45, 2.75) is 20.0 Å². The van der Waals surface area contributed by atoms with Gasteiger partial charge in [0.1, 0.15) is 0 Å². The van der Waals surface area contributed by atoms with Crippen molar-refractivity contribution < 1.29 is 14.3 Å². The summed E-state index contributed by atoms with van der Waals surface area (Å²) in [4.78, 5) is 13.6. The van der Waals surface area contributed by atoms with E-state index < -0.39 is 0 Å². The second kappa shape index (κ2) is 7.60. The fourth-order valence-electron chi connectivity index (χ4n) is 1.50. The van der Waals surface area contributed by atoms with Gasteiger partial charge in [-0.2, -0.15) is 0 Å². The molecule has 5 nitrogen and oxygen atoms in total.